The maximum absolute atomic E-state index is 12.7. The van der Waals surface area contributed by atoms with Crippen molar-refractivity contribution in [1.82, 2.24) is 25.1 Å². The number of ether oxygens (including phenoxy) is 1. The Labute approximate surface area is 128 Å². The van der Waals surface area contributed by atoms with Gasteiger partial charge in [0.25, 0.3) is 5.91 Å². The van der Waals surface area contributed by atoms with E-state index in [-0.39, 0.29) is 12.0 Å². The first-order valence-corrected chi connectivity index (χ1v) is 7.38. The summed E-state index contributed by atoms with van der Waals surface area (Å²) in [4.78, 5) is 22.6. The second-order valence-electron chi connectivity index (χ2n) is 5.49. The van der Waals surface area contributed by atoms with Crippen molar-refractivity contribution in [2.45, 2.75) is 32.8 Å². The van der Waals surface area contributed by atoms with Crippen LogP contribution in [0.3, 0.4) is 0 Å². The van der Waals surface area contributed by atoms with E-state index in [4.69, 9.17) is 4.74 Å². The highest BCUT2D eigenvalue weighted by molar-refractivity contribution is 5.96. The van der Waals surface area contributed by atoms with Crippen LogP contribution in [0.4, 0.5) is 0 Å². The normalized spacial score (nSPS) is 18.3. The molecule has 0 aliphatic carbocycles. The summed E-state index contributed by atoms with van der Waals surface area (Å²) >= 11 is 0. The van der Waals surface area contributed by atoms with Gasteiger partial charge < -0.3 is 9.64 Å². The predicted molar refractivity (Wildman–Crippen MR) is 79.6 cm³/mol. The number of amides is 1. The van der Waals surface area contributed by atoms with Gasteiger partial charge in [0.15, 0.2) is 0 Å². The zero-order valence-electron chi connectivity index (χ0n) is 12.7. The van der Waals surface area contributed by atoms with Gasteiger partial charge in [0, 0.05) is 24.6 Å². The van der Waals surface area contributed by atoms with Gasteiger partial charge >= 0.3 is 0 Å². The van der Waals surface area contributed by atoms with Crippen LogP contribution in [0.1, 0.15) is 34.6 Å². The molecule has 1 aliphatic rings. The van der Waals surface area contributed by atoms with Crippen LogP contribution in [-0.2, 0) is 0 Å². The first kappa shape index (κ1) is 14.5. The lowest BCUT2D eigenvalue weighted by molar-refractivity contribution is 0.0525. The van der Waals surface area contributed by atoms with Gasteiger partial charge in [-0.25, -0.2) is 4.98 Å². The molecule has 3 heterocycles. The van der Waals surface area contributed by atoms with Crippen LogP contribution in [0, 0.1) is 13.8 Å². The van der Waals surface area contributed by atoms with Crippen LogP contribution in [0.15, 0.2) is 18.6 Å². The number of likely N-dealkylation sites (tertiary alicyclic amines) is 1. The fourth-order valence-electron chi connectivity index (χ4n) is 2.76. The lowest BCUT2D eigenvalue weighted by Gasteiger charge is -2.32. The van der Waals surface area contributed by atoms with Crippen molar-refractivity contribution in [3.8, 4) is 5.88 Å². The molecule has 22 heavy (non-hydrogen) atoms. The summed E-state index contributed by atoms with van der Waals surface area (Å²) in [6.45, 7) is 5.00. The first-order chi connectivity index (χ1) is 10.6. The Kier molecular flexibility index (Phi) is 4.04. The van der Waals surface area contributed by atoms with Crippen LogP contribution in [-0.4, -0.2) is 50.2 Å². The molecule has 116 valence electrons. The molecule has 0 radical (unpaired) electrons. The van der Waals surface area contributed by atoms with Crippen LogP contribution in [0.25, 0.3) is 0 Å². The SMILES string of the molecule is Cc1n[nH]c(C)c1C(=O)N1CCCC(Oc2cnccn2)C1. The second kappa shape index (κ2) is 6.13. The largest absolute Gasteiger partial charge is 0.471 e. The number of H-pyrrole nitrogens is 1. The van der Waals surface area contributed by atoms with E-state index in [0.717, 1.165) is 30.8 Å². The van der Waals surface area contributed by atoms with E-state index >= 15 is 0 Å². The topological polar surface area (TPSA) is 84.0 Å². The first-order valence-electron chi connectivity index (χ1n) is 7.38. The average Bonchev–Trinajstić information content (AvgIpc) is 2.87. The van der Waals surface area contributed by atoms with E-state index < -0.39 is 0 Å². The molecule has 1 saturated heterocycles. The minimum Gasteiger partial charge on any atom is -0.471 e. The number of nitrogens with zero attached hydrogens (tertiary/aromatic N) is 4. The highest BCUT2D eigenvalue weighted by Crippen LogP contribution is 2.20. The van der Waals surface area contributed by atoms with Crippen LogP contribution in [0.5, 0.6) is 5.88 Å². The summed E-state index contributed by atoms with van der Waals surface area (Å²) < 4.78 is 5.82. The van der Waals surface area contributed by atoms with Gasteiger partial charge in [-0.1, -0.05) is 0 Å². The van der Waals surface area contributed by atoms with Crippen molar-refractivity contribution in [3.63, 3.8) is 0 Å². The number of aromatic nitrogens is 4. The molecule has 2 aromatic heterocycles. The number of carbonyl (C=O) groups excluding carboxylic acids is 1. The molecule has 1 fully saturated rings. The van der Waals surface area contributed by atoms with Gasteiger partial charge in [-0.2, -0.15) is 5.10 Å². The molecular weight excluding hydrogens is 282 g/mol. The average molecular weight is 301 g/mol. The molecule has 7 heteroatoms. The third-order valence-electron chi connectivity index (χ3n) is 3.83. The number of aryl methyl sites for hydroxylation is 2. The number of hydrogen-bond acceptors (Lipinski definition) is 5. The smallest absolute Gasteiger partial charge is 0.257 e. The van der Waals surface area contributed by atoms with E-state index in [2.05, 4.69) is 20.2 Å². The zero-order valence-corrected chi connectivity index (χ0v) is 12.7. The minimum absolute atomic E-state index is 0.0104. The van der Waals surface area contributed by atoms with Crippen LogP contribution in [0.2, 0.25) is 0 Å². The fraction of sp³-hybridized carbons (Fsp3) is 0.467. The Balaban J connectivity index is 1.69. The quantitative estimate of drug-likeness (QED) is 0.928. The molecule has 3 rings (SSSR count). The van der Waals surface area contributed by atoms with Gasteiger partial charge in [0.1, 0.15) is 6.10 Å². The molecule has 7 nitrogen and oxygen atoms in total. The van der Waals surface area contributed by atoms with E-state index in [1.165, 1.54) is 0 Å². The zero-order chi connectivity index (χ0) is 15.5. The molecule has 1 N–H and O–H groups in total. The van der Waals surface area contributed by atoms with E-state index in [9.17, 15) is 4.79 Å². The molecule has 1 atom stereocenters. The molecule has 0 spiro atoms. The lowest BCUT2D eigenvalue weighted by Crippen LogP contribution is -2.44. The van der Waals surface area contributed by atoms with Crippen molar-refractivity contribution in [3.05, 3.63) is 35.5 Å². The number of hydrogen-bond donors (Lipinski definition) is 1. The van der Waals surface area contributed by atoms with Crippen LogP contribution < -0.4 is 4.74 Å². The summed E-state index contributed by atoms with van der Waals surface area (Å²) in [5.74, 6) is 0.508. The van der Waals surface area contributed by atoms with Crippen molar-refractivity contribution < 1.29 is 9.53 Å². The molecule has 2 aromatic rings. The Hall–Kier alpha value is -2.44. The summed E-state index contributed by atoms with van der Waals surface area (Å²) in [5, 5.41) is 6.96. The molecule has 1 aliphatic heterocycles. The van der Waals surface area contributed by atoms with Crippen LogP contribution >= 0.6 is 0 Å². The second-order valence-corrected chi connectivity index (χ2v) is 5.49. The monoisotopic (exact) mass is 301 g/mol. The maximum atomic E-state index is 12.7. The molecule has 1 unspecified atom stereocenters. The summed E-state index contributed by atoms with van der Waals surface area (Å²) in [5.41, 5.74) is 2.21. The Morgan fingerprint density at radius 1 is 1.41 bits per heavy atom. The fourth-order valence-corrected chi connectivity index (χ4v) is 2.76. The highest BCUT2D eigenvalue weighted by Gasteiger charge is 2.28. The maximum Gasteiger partial charge on any atom is 0.257 e. The molecule has 1 amide bonds. The Morgan fingerprint density at radius 2 is 2.27 bits per heavy atom. The predicted octanol–water partition coefficient (Wildman–Crippen LogP) is 1.50. The van der Waals surface area contributed by atoms with Gasteiger partial charge in [-0.3, -0.25) is 14.9 Å². The third-order valence-corrected chi connectivity index (χ3v) is 3.83. The summed E-state index contributed by atoms with van der Waals surface area (Å²) in [7, 11) is 0. The molecule has 0 aromatic carbocycles. The standard InChI is InChI=1S/C15H19N5O2/c1-10-14(11(2)19-18-10)15(21)20-7-3-4-12(9-20)22-13-8-16-5-6-17-13/h5-6,8,12H,3-4,7,9H2,1-2H3,(H,18,19). The van der Waals surface area contributed by atoms with Gasteiger partial charge in [0.05, 0.1) is 24.0 Å². The lowest BCUT2D eigenvalue weighted by atomic mass is 10.1. The van der Waals surface area contributed by atoms with Gasteiger partial charge in [0.2, 0.25) is 5.88 Å². The Morgan fingerprint density at radius 3 is 2.95 bits per heavy atom. The van der Waals surface area contributed by atoms with Crippen molar-refractivity contribution in [2.75, 3.05) is 13.1 Å². The summed E-state index contributed by atoms with van der Waals surface area (Å²) in [6.07, 6.45) is 6.55. The van der Waals surface area contributed by atoms with Gasteiger partial charge in [-0.05, 0) is 26.7 Å². The van der Waals surface area contributed by atoms with E-state index in [1.807, 2.05) is 18.7 Å². The third kappa shape index (κ3) is 2.93. The Bertz CT molecular complexity index is 636. The number of rotatable bonds is 3. The van der Waals surface area contributed by atoms with Gasteiger partial charge in [-0.15, -0.1) is 0 Å². The van der Waals surface area contributed by atoms with Crippen molar-refractivity contribution in [2.24, 2.45) is 0 Å². The van der Waals surface area contributed by atoms with E-state index in [0.29, 0.717) is 18.0 Å². The molecular formula is C15H19N5O2. The molecule has 0 bridgehead atoms. The van der Waals surface area contributed by atoms with E-state index in [1.54, 1.807) is 18.6 Å². The number of piperidine rings is 1. The molecule has 0 saturated carbocycles. The highest BCUT2D eigenvalue weighted by atomic mass is 16.5. The number of aromatic amines is 1. The minimum atomic E-state index is -0.0538. The van der Waals surface area contributed by atoms with Crippen molar-refractivity contribution >= 4 is 5.91 Å². The summed E-state index contributed by atoms with van der Waals surface area (Å²) in [6, 6.07) is 0. The van der Waals surface area contributed by atoms with Crippen molar-refractivity contribution in [1.29, 1.82) is 0 Å². The number of nitrogens with one attached hydrogen (secondary N) is 1. The number of carbonyl (C=O) groups is 1.